The number of benzene rings is 1. The predicted molar refractivity (Wildman–Crippen MR) is 113 cm³/mol. The lowest BCUT2D eigenvalue weighted by atomic mass is 10.0. The molecular weight excluding hydrogens is 370 g/mol. The van der Waals surface area contributed by atoms with E-state index in [2.05, 4.69) is 40.3 Å². The number of terminal acetylenes is 1. The lowest BCUT2D eigenvalue weighted by Crippen LogP contribution is -2.23. The Morgan fingerprint density at radius 3 is 2.79 bits per heavy atom. The maximum atomic E-state index is 12.1. The molecule has 0 aliphatic carbocycles. The molecule has 1 unspecified atom stereocenters. The second-order valence-electron chi connectivity index (χ2n) is 6.50. The highest BCUT2D eigenvalue weighted by molar-refractivity contribution is 7.13. The van der Waals surface area contributed by atoms with Crippen molar-refractivity contribution in [2.75, 3.05) is 20.2 Å². The van der Waals surface area contributed by atoms with Crippen LogP contribution in [-0.2, 0) is 6.42 Å². The molecule has 144 valence electrons. The molecule has 0 amide bonds. The Bertz CT molecular complexity index is 953. The summed E-state index contributed by atoms with van der Waals surface area (Å²) < 4.78 is 5.18. The van der Waals surface area contributed by atoms with Gasteiger partial charge in [-0.1, -0.05) is 25.1 Å². The van der Waals surface area contributed by atoms with E-state index in [1.54, 1.807) is 18.4 Å². The van der Waals surface area contributed by atoms with Crippen LogP contribution in [0.2, 0.25) is 0 Å². The first-order valence-corrected chi connectivity index (χ1v) is 9.98. The van der Waals surface area contributed by atoms with Crippen LogP contribution in [0.25, 0.3) is 10.7 Å². The minimum absolute atomic E-state index is 0.0735. The monoisotopic (exact) mass is 393 g/mol. The first-order chi connectivity index (χ1) is 13.6. The van der Waals surface area contributed by atoms with E-state index in [9.17, 15) is 4.79 Å². The molecule has 3 aromatic rings. The third kappa shape index (κ3) is 4.69. The number of H-pyrrole nitrogens is 1. The number of Topliss-reactive ketones (excluding diaryl/α,β-unsaturated/α-hetero) is 1. The van der Waals surface area contributed by atoms with Crippen LogP contribution in [0.3, 0.4) is 0 Å². The number of carbonyl (C=O) groups is 1. The van der Waals surface area contributed by atoms with Crippen LogP contribution in [0.1, 0.15) is 34.6 Å². The quantitative estimate of drug-likeness (QED) is 0.250. The van der Waals surface area contributed by atoms with Crippen LogP contribution in [-0.4, -0.2) is 36.0 Å². The normalized spacial score (nSPS) is 11.8. The van der Waals surface area contributed by atoms with Gasteiger partial charge in [0.05, 0.1) is 17.7 Å². The number of hydrogen-bond acceptors (Lipinski definition) is 5. The average Bonchev–Trinajstić information content (AvgIpc) is 3.40. The second-order valence-corrected chi connectivity index (χ2v) is 7.45. The second kappa shape index (κ2) is 9.36. The van der Waals surface area contributed by atoms with Crippen molar-refractivity contribution in [2.45, 2.75) is 19.3 Å². The third-order valence-electron chi connectivity index (χ3n) is 4.53. The van der Waals surface area contributed by atoms with Gasteiger partial charge in [-0.15, -0.1) is 17.8 Å². The van der Waals surface area contributed by atoms with Crippen molar-refractivity contribution in [3.63, 3.8) is 0 Å². The number of hydrogen-bond donors (Lipinski definition) is 2. The molecule has 2 aromatic heterocycles. The number of ether oxygens (including phenoxy) is 1. The predicted octanol–water partition coefficient (Wildman–Crippen LogP) is 3.90. The van der Waals surface area contributed by atoms with Gasteiger partial charge in [-0.2, -0.15) is 0 Å². The van der Waals surface area contributed by atoms with Crippen molar-refractivity contribution in [1.82, 2.24) is 15.3 Å². The topological polar surface area (TPSA) is 67.0 Å². The van der Waals surface area contributed by atoms with Crippen LogP contribution in [0.5, 0.6) is 5.75 Å². The van der Waals surface area contributed by atoms with Gasteiger partial charge in [-0.3, -0.25) is 4.79 Å². The summed E-state index contributed by atoms with van der Waals surface area (Å²) in [5.74, 6) is 3.42. The fraction of sp³-hybridized carbons (Fsp3) is 0.273. The number of aromatic nitrogens is 2. The molecule has 0 aliphatic rings. The van der Waals surface area contributed by atoms with Gasteiger partial charge in [0.1, 0.15) is 17.3 Å². The maximum absolute atomic E-state index is 12.1. The van der Waals surface area contributed by atoms with Crippen molar-refractivity contribution >= 4 is 17.1 Å². The van der Waals surface area contributed by atoms with E-state index in [-0.39, 0.29) is 11.7 Å². The SMILES string of the molecule is C#CC(=O)c1nc(-c2cccs2)[nH]c1C(C)CNCCc1ccc(OC)cc1. The largest absolute Gasteiger partial charge is 0.497 e. The van der Waals surface area contributed by atoms with Gasteiger partial charge in [-0.05, 0) is 48.0 Å². The average molecular weight is 394 g/mol. The van der Waals surface area contributed by atoms with Crippen LogP contribution in [0.4, 0.5) is 0 Å². The van der Waals surface area contributed by atoms with Gasteiger partial charge >= 0.3 is 0 Å². The summed E-state index contributed by atoms with van der Waals surface area (Å²) in [6.45, 7) is 3.60. The molecule has 5 nitrogen and oxygen atoms in total. The maximum Gasteiger partial charge on any atom is 0.255 e. The van der Waals surface area contributed by atoms with E-state index >= 15 is 0 Å². The van der Waals surface area contributed by atoms with E-state index < -0.39 is 0 Å². The number of rotatable bonds is 9. The Hall–Kier alpha value is -2.88. The number of aromatic amines is 1. The van der Waals surface area contributed by atoms with Crippen molar-refractivity contribution in [3.8, 4) is 28.8 Å². The molecule has 0 fully saturated rings. The van der Waals surface area contributed by atoms with Crippen molar-refractivity contribution < 1.29 is 9.53 Å². The molecule has 2 N–H and O–H groups in total. The molecule has 0 saturated carbocycles. The van der Waals surface area contributed by atoms with Gasteiger partial charge in [0.2, 0.25) is 0 Å². The van der Waals surface area contributed by atoms with E-state index in [0.29, 0.717) is 18.1 Å². The number of imidazole rings is 1. The lowest BCUT2D eigenvalue weighted by molar-refractivity contribution is 0.105. The standard InChI is InChI=1S/C22H23N3O2S/c1-4-18(26)21-20(24-22(25-21)19-6-5-13-28-19)15(2)14-23-12-11-16-7-9-17(27-3)10-8-16/h1,5-10,13,15,23H,11-12,14H2,2-3H3,(H,24,25). The van der Waals surface area contributed by atoms with Crippen molar-refractivity contribution in [2.24, 2.45) is 0 Å². The van der Waals surface area contributed by atoms with Crippen LogP contribution < -0.4 is 10.1 Å². The van der Waals surface area contributed by atoms with Crippen molar-refractivity contribution in [1.29, 1.82) is 0 Å². The number of thiophene rings is 1. The molecule has 0 bridgehead atoms. The van der Waals surface area contributed by atoms with Gasteiger partial charge in [0, 0.05) is 12.5 Å². The zero-order valence-electron chi connectivity index (χ0n) is 16.0. The molecule has 6 heteroatoms. The highest BCUT2D eigenvalue weighted by Gasteiger charge is 2.21. The summed E-state index contributed by atoms with van der Waals surface area (Å²) in [6, 6.07) is 12.0. The molecule has 28 heavy (non-hydrogen) atoms. The van der Waals surface area contributed by atoms with Crippen LogP contribution >= 0.6 is 11.3 Å². The van der Waals surface area contributed by atoms with Crippen LogP contribution in [0, 0.1) is 12.3 Å². The molecule has 1 aromatic carbocycles. The Morgan fingerprint density at radius 1 is 1.36 bits per heavy atom. The molecule has 3 rings (SSSR count). The number of ketones is 1. The van der Waals surface area contributed by atoms with Gasteiger partial charge < -0.3 is 15.0 Å². The fourth-order valence-electron chi connectivity index (χ4n) is 2.96. The zero-order chi connectivity index (χ0) is 19.9. The summed E-state index contributed by atoms with van der Waals surface area (Å²) >= 11 is 1.57. The highest BCUT2D eigenvalue weighted by atomic mass is 32.1. The van der Waals surface area contributed by atoms with E-state index in [1.165, 1.54) is 5.56 Å². The van der Waals surface area contributed by atoms with Crippen molar-refractivity contribution in [3.05, 3.63) is 58.7 Å². The van der Waals surface area contributed by atoms with Crippen LogP contribution in [0.15, 0.2) is 41.8 Å². The zero-order valence-corrected chi connectivity index (χ0v) is 16.8. The smallest absolute Gasteiger partial charge is 0.255 e. The number of nitrogens with one attached hydrogen (secondary N) is 2. The first-order valence-electron chi connectivity index (χ1n) is 9.10. The first kappa shape index (κ1) is 19.9. The Balaban J connectivity index is 1.62. The third-order valence-corrected chi connectivity index (χ3v) is 5.40. The van der Waals surface area contributed by atoms with Gasteiger partial charge in [0.25, 0.3) is 5.78 Å². The summed E-state index contributed by atoms with van der Waals surface area (Å²) in [7, 11) is 1.66. The summed E-state index contributed by atoms with van der Waals surface area (Å²) in [5, 5.41) is 5.43. The molecule has 1 atom stereocenters. The Kier molecular flexibility index (Phi) is 6.64. The Morgan fingerprint density at radius 2 is 2.14 bits per heavy atom. The van der Waals surface area contributed by atoms with E-state index in [0.717, 1.165) is 29.3 Å². The van der Waals surface area contributed by atoms with E-state index in [4.69, 9.17) is 11.2 Å². The number of nitrogens with zero attached hydrogens (tertiary/aromatic N) is 1. The van der Waals surface area contributed by atoms with Gasteiger partial charge in [-0.25, -0.2) is 4.98 Å². The highest BCUT2D eigenvalue weighted by Crippen LogP contribution is 2.26. The lowest BCUT2D eigenvalue weighted by Gasteiger charge is -2.12. The minimum atomic E-state index is -0.390. The molecule has 2 heterocycles. The molecule has 0 spiro atoms. The Labute approximate surface area is 169 Å². The van der Waals surface area contributed by atoms with Gasteiger partial charge in [0.15, 0.2) is 0 Å². The number of methoxy groups -OCH3 is 1. The molecule has 0 aliphatic heterocycles. The molecule has 0 saturated heterocycles. The minimum Gasteiger partial charge on any atom is -0.497 e. The fourth-order valence-corrected chi connectivity index (χ4v) is 3.63. The summed E-state index contributed by atoms with van der Waals surface area (Å²) in [6.07, 6.45) is 6.25. The van der Waals surface area contributed by atoms with E-state index in [1.807, 2.05) is 29.6 Å². The number of carbonyl (C=O) groups excluding carboxylic acids is 1. The summed E-state index contributed by atoms with van der Waals surface area (Å²) in [5.41, 5.74) is 2.37. The molecular formula is C22H23N3O2S. The molecule has 0 radical (unpaired) electrons. The summed E-state index contributed by atoms with van der Waals surface area (Å²) in [4.78, 5) is 20.9.